The number of aromatic nitrogens is 1. The zero-order valence-electron chi connectivity index (χ0n) is 13.5. The quantitative estimate of drug-likeness (QED) is 0.439. The number of nitrogens with one attached hydrogen (secondary N) is 2. The molecule has 7 nitrogen and oxygen atoms in total. The number of rotatable bonds is 6. The highest BCUT2D eigenvalue weighted by atomic mass is 127. The molecule has 1 aromatic carbocycles. The van der Waals surface area contributed by atoms with E-state index in [0.717, 1.165) is 3.57 Å². The SMILES string of the molecule is CC(O)CONC(=O)c1ccc(=O)n(C)c1Nc1ccc(I)cc1Cl. The van der Waals surface area contributed by atoms with E-state index < -0.39 is 12.0 Å². The molecule has 2 rings (SSSR count). The van der Waals surface area contributed by atoms with Crippen LogP contribution in [0.25, 0.3) is 0 Å². The minimum absolute atomic E-state index is 0.0524. The Hall–Kier alpha value is -1.62. The third-order valence-corrected chi connectivity index (χ3v) is 4.22. The number of benzene rings is 1. The van der Waals surface area contributed by atoms with Crippen molar-refractivity contribution >= 4 is 51.6 Å². The van der Waals surface area contributed by atoms with Crippen LogP contribution in [0, 0.1) is 3.57 Å². The van der Waals surface area contributed by atoms with Crippen LogP contribution in [0.4, 0.5) is 11.5 Å². The topological polar surface area (TPSA) is 92.6 Å². The van der Waals surface area contributed by atoms with Crippen molar-refractivity contribution in [3.63, 3.8) is 0 Å². The lowest BCUT2D eigenvalue weighted by Crippen LogP contribution is -2.30. The third-order valence-electron chi connectivity index (χ3n) is 3.23. The van der Waals surface area contributed by atoms with Gasteiger partial charge in [0.15, 0.2) is 0 Å². The molecule has 1 amide bonds. The van der Waals surface area contributed by atoms with Gasteiger partial charge in [0.2, 0.25) is 0 Å². The first kappa shape index (κ1) is 19.7. The van der Waals surface area contributed by atoms with Gasteiger partial charge < -0.3 is 10.4 Å². The van der Waals surface area contributed by atoms with Gasteiger partial charge in [0.05, 0.1) is 22.4 Å². The summed E-state index contributed by atoms with van der Waals surface area (Å²) in [6.45, 7) is 1.48. The number of halogens is 2. The van der Waals surface area contributed by atoms with Crippen molar-refractivity contribution in [2.45, 2.75) is 13.0 Å². The van der Waals surface area contributed by atoms with Gasteiger partial charge in [0.25, 0.3) is 11.5 Å². The smallest absolute Gasteiger partial charge is 0.278 e. The summed E-state index contributed by atoms with van der Waals surface area (Å²) in [4.78, 5) is 29.2. The summed E-state index contributed by atoms with van der Waals surface area (Å²) >= 11 is 8.35. The Kier molecular flexibility index (Phi) is 6.82. The lowest BCUT2D eigenvalue weighted by atomic mass is 10.2. The van der Waals surface area contributed by atoms with Gasteiger partial charge in [-0.05, 0) is 53.8 Å². The van der Waals surface area contributed by atoms with Crippen molar-refractivity contribution in [3.05, 3.63) is 54.8 Å². The number of hydrogen-bond acceptors (Lipinski definition) is 5. The number of anilines is 2. The van der Waals surface area contributed by atoms with Gasteiger partial charge in [-0.2, -0.15) is 0 Å². The molecular formula is C16H17ClIN3O4. The highest BCUT2D eigenvalue weighted by Crippen LogP contribution is 2.28. The minimum Gasteiger partial charge on any atom is -0.391 e. The Morgan fingerprint density at radius 3 is 2.76 bits per heavy atom. The summed E-state index contributed by atoms with van der Waals surface area (Å²) in [7, 11) is 1.54. The fourth-order valence-electron chi connectivity index (χ4n) is 1.97. The Bertz CT molecular complexity index is 839. The van der Waals surface area contributed by atoms with Gasteiger partial charge in [-0.15, -0.1) is 0 Å². The van der Waals surface area contributed by atoms with E-state index in [1.54, 1.807) is 19.2 Å². The normalized spacial score (nSPS) is 11.9. The molecule has 0 aliphatic carbocycles. The zero-order chi connectivity index (χ0) is 18.6. The van der Waals surface area contributed by atoms with E-state index in [4.69, 9.17) is 21.5 Å². The maximum atomic E-state index is 12.3. The number of hydrogen-bond donors (Lipinski definition) is 3. The summed E-state index contributed by atoms with van der Waals surface area (Å²) in [5, 5.41) is 12.6. The third kappa shape index (κ3) is 5.18. The number of aliphatic hydroxyl groups is 1. The van der Waals surface area contributed by atoms with Gasteiger partial charge in [-0.1, -0.05) is 11.6 Å². The average molecular weight is 478 g/mol. The number of carbonyl (C=O) groups is 1. The maximum Gasteiger partial charge on any atom is 0.278 e. The number of hydroxylamine groups is 1. The van der Waals surface area contributed by atoms with Gasteiger partial charge in [0.1, 0.15) is 12.4 Å². The lowest BCUT2D eigenvalue weighted by Gasteiger charge is -2.16. The van der Waals surface area contributed by atoms with Crippen LogP contribution in [0.2, 0.25) is 5.02 Å². The second-order valence-electron chi connectivity index (χ2n) is 5.33. The molecule has 0 aliphatic rings. The summed E-state index contributed by atoms with van der Waals surface area (Å²) in [6, 6.07) is 8.04. The van der Waals surface area contributed by atoms with Crippen LogP contribution < -0.4 is 16.4 Å². The van der Waals surface area contributed by atoms with Gasteiger partial charge in [0, 0.05) is 16.7 Å². The summed E-state index contributed by atoms with van der Waals surface area (Å²) in [5.74, 6) is -0.283. The first-order valence-corrected chi connectivity index (χ1v) is 8.77. The van der Waals surface area contributed by atoms with Crippen molar-refractivity contribution in [2.24, 2.45) is 7.05 Å². The second kappa shape index (κ2) is 8.65. The molecule has 0 radical (unpaired) electrons. The maximum absolute atomic E-state index is 12.3. The summed E-state index contributed by atoms with van der Waals surface area (Å²) in [5.41, 5.74) is 2.71. The van der Waals surface area contributed by atoms with Gasteiger partial charge in [-0.3, -0.25) is 19.0 Å². The van der Waals surface area contributed by atoms with E-state index in [1.165, 1.54) is 23.6 Å². The summed E-state index contributed by atoms with van der Waals surface area (Å²) < 4.78 is 2.26. The average Bonchev–Trinajstić information content (AvgIpc) is 2.53. The van der Waals surface area contributed by atoms with E-state index in [1.807, 2.05) is 6.07 Å². The van der Waals surface area contributed by atoms with E-state index in [9.17, 15) is 9.59 Å². The van der Waals surface area contributed by atoms with Gasteiger partial charge >= 0.3 is 0 Å². The van der Waals surface area contributed by atoms with Crippen LogP contribution in [0.5, 0.6) is 0 Å². The van der Waals surface area contributed by atoms with Crippen molar-refractivity contribution in [3.8, 4) is 0 Å². The van der Waals surface area contributed by atoms with Crippen LogP contribution in [-0.4, -0.2) is 28.3 Å². The number of amides is 1. The molecule has 2 aromatic rings. The van der Waals surface area contributed by atoms with E-state index in [2.05, 4.69) is 33.4 Å². The number of aliphatic hydroxyl groups excluding tert-OH is 1. The number of nitrogens with zero attached hydrogens (tertiary/aromatic N) is 1. The van der Waals surface area contributed by atoms with E-state index in [-0.39, 0.29) is 23.5 Å². The Morgan fingerprint density at radius 1 is 1.40 bits per heavy atom. The van der Waals surface area contributed by atoms with Crippen molar-refractivity contribution < 1.29 is 14.7 Å². The molecule has 1 unspecified atom stereocenters. The Balaban J connectivity index is 2.34. The van der Waals surface area contributed by atoms with Crippen molar-refractivity contribution in [1.29, 1.82) is 0 Å². The molecule has 0 fully saturated rings. The Morgan fingerprint density at radius 2 is 2.12 bits per heavy atom. The predicted octanol–water partition coefficient (Wildman–Crippen LogP) is 2.43. The molecule has 9 heteroatoms. The molecule has 134 valence electrons. The van der Waals surface area contributed by atoms with Crippen LogP contribution in [0.1, 0.15) is 17.3 Å². The fourth-order valence-corrected chi connectivity index (χ4v) is 2.87. The second-order valence-corrected chi connectivity index (χ2v) is 6.99. The molecular weight excluding hydrogens is 461 g/mol. The van der Waals surface area contributed by atoms with Crippen LogP contribution in [0.15, 0.2) is 35.1 Å². The largest absolute Gasteiger partial charge is 0.391 e. The lowest BCUT2D eigenvalue weighted by molar-refractivity contribution is -0.00685. The first-order valence-electron chi connectivity index (χ1n) is 7.32. The molecule has 1 aromatic heterocycles. The van der Waals surface area contributed by atoms with E-state index >= 15 is 0 Å². The Labute approximate surface area is 163 Å². The number of carbonyl (C=O) groups excluding carboxylic acids is 1. The van der Waals surface area contributed by atoms with Crippen molar-refractivity contribution in [1.82, 2.24) is 10.0 Å². The molecule has 0 saturated carbocycles. The van der Waals surface area contributed by atoms with Crippen LogP contribution in [0.3, 0.4) is 0 Å². The zero-order valence-corrected chi connectivity index (χ0v) is 16.5. The summed E-state index contributed by atoms with van der Waals surface area (Å²) in [6.07, 6.45) is -0.719. The fraction of sp³-hybridized carbons (Fsp3) is 0.250. The van der Waals surface area contributed by atoms with Crippen LogP contribution >= 0.6 is 34.2 Å². The van der Waals surface area contributed by atoms with Gasteiger partial charge in [-0.25, -0.2) is 5.48 Å². The minimum atomic E-state index is -0.719. The highest BCUT2D eigenvalue weighted by molar-refractivity contribution is 14.1. The van der Waals surface area contributed by atoms with E-state index in [0.29, 0.717) is 10.7 Å². The van der Waals surface area contributed by atoms with Crippen LogP contribution in [-0.2, 0) is 11.9 Å². The molecule has 0 aliphatic heterocycles. The monoisotopic (exact) mass is 477 g/mol. The van der Waals surface area contributed by atoms with Crippen molar-refractivity contribution in [2.75, 3.05) is 11.9 Å². The molecule has 3 N–H and O–H groups in total. The number of pyridine rings is 1. The highest BCUT2D eigenvalue weighted by Gasteiger charge is 2.16. The molecule has 25 heavy (non-hydrogen) atoms. The molecule has 0 bridgehead atoms. The standard InChI is InChI=1S/C16H17ClIN3O4/c1-9(22)8-25-20-16(24)11-4-6-14(23)21(2)15(11)19-13-5-3-10(18)7-12(13)17/h3-7,9,19,22H,8H2,1-2H3,(H,20,24). The molecule has 1 heterocycles. The molecule has 0 spiro atoms. The first-order chi connectivity index (χ1) is 11.8. The molecule has 1 atom stereocenters. The molecule has 0 saturated heterocycles. The predicted molar refractivity (Wildman–Crippen MR) is 104 cm³/mol.